The molecule has 0 bridgehead atoms. The molecule has 1 rings (SSSR count). The number of rotatable bonds is 4. The van der Waals surface area contributed by atoms with Crippen molar-refractivity contribution in [3.63, 3.8) is 0 Å². The number of nitrogens with one attached hydrogen (secondary N) is 1. The first-order valence-electron chi connectivity index (χ1n) is 5.49. The van der Waals surface area contributed by atoms with Crippen LogP contribution in [0.2, 0.25) is 0 Å². The van der Waals surface area contributed by atoms with Crippen LogP contribution in [0, 0.1) is 6.92 Å². The third kappa shape index (κ3) is 2.44. The van der Waals surface area contributed by atoms with E-state index in [-0.39, 0.29) is 12.5 Å². The molecule has 1 heterocycles. The third-order valence-electron chi connectivity index (χ3n) is 3.15. The van der Waals surface area contributed by atoms with Gasteiger partial charge in [-0.05, 0) is 32.4 Å². The Bertz CT molecular complexity index is 378. The van der Waals surface area contributed by atoms with Gasteiger partial charge in [-0.3, -0.25) is 4.79 Å². The Morgan fingerprint density at radius 1 is 1.56 bits per heavy atom. The van der Waals surface area contributed by atoms with Gasteiger partial charge in [-0.2, -0.15) is 0 Å². The molecule has 0 aromatic carbocycles. The van der Waals surface area contributed by atoms with E-state index >= 15 is 0 Å². The van der Waals surface area contributed by atoms with Crippen LogP contribution in [0.25, 0.3) is 0 Å². The van der Waals surface area contributed by atoms with E-state index in [1.165, 1.54) is 0 Å². The molecule has 1 aromatic rings. The number of amides is 1. The summed E-state index contributed by atoms with van der Waals surface area (Å²) >= 11 is 0. The minimum absolute atomic E-state index is 0.0569. The second-order valence-electron chi connectivity index (χ2n) is 4.45. The highest BCUT2D eigenvalue weighted by Gasteiger charge is 2.24. The molecule has 0 radical (unpaired) electrons. The summed E-state index contributed by atoms with van der Waals surface area (Å²) in [5, 5.41) is 12.1. The van der Waals surface area contributed by atoms with Crippen LogP contribution >= 0.6 is 0 Å². The Morgan fingerprint density at radius 2 is 2.19 bits per heavy atom. The van der Waals surface area contributed by atoms with Gasteiger partial charge >= 0.3 is 0 Å². The number of carbonyl (C=O) groups excluding carboxylic acids is 1. The first-order chi connectivity index (χ1) is 7.43. The number of hydrogen-bond donors (Lipinski definition) is 2. The topological polar surface area (TPSA) is 54.3 Å². The van der Waals surface area contributed by atoms with Gasteiger partial charge in [0.05, 0.1) is 12.1 Å². The van der Waals surface area contributed by atoms with Crippen LogP contribution in [0.4, 0.5) is 0 Å². The van der Waals surface area contributed by atoms with Gasteiger partial charge in [0.25, 0.3) is 5.91 Å². The molecule has 1 unspecified atom stereocenters. The minimum Gasteiger partial charge on any atom is -0.394 e. The van der Waals surface area contributed by atoms with E-state index in [4.69, 9.17) is 0 Å². The van der Waals surface area contributed by atoms with Gasteiger partial charge in [-0.1, -0.05) is 6.92 Å². The Labute approximate surface area is 96.3 Å². The zero-order valence-corrected chi connectivity index (χ0v) is 10.4. The molecule has 4 heteroatoms. The Morgan fingerprint density at radius 3 is 2.56 bits per heavy atom. The van der Waals surface area contributed by atoms with Crippen molar-refractivity contribution in [2.45, 2.75) is 32.7 Å². The van der Waals surface area contributed by atoms with E-state index in [9.17, 15) is 9.90 Å². The summed E-state index contributed by atoms with van der Waals surface area (Å²) in [4.78, 5) is 12.0. The molecule has 90 valence electrons. The monoisotopic (exact) mass is 224 g/mol. The molecule has 1 amide bonds. The molecule has 1 atom stereocenters. The average Bonchev–Trinajstić information content (AvgIpc) is 2.59. The van der Waals surface area contributed by atoms with Crippen molar-refractivity contribution in [2.75, 3.05) is 6.61 Å². The highest BCUT2D eigenvalue weighted by Crippen LogP contribution is 2.11. The van der Waals surface area contributed by atoms with Gasteiger partial charge in [0.15, 0.2) is 0 Å². The number of aromatic nitrogens is 1. The SMILES string of the molecule is CCC(C)(CO)NC(=O)c1ccc(C)n1C. The maximum absolute atomic E-state index is 12.0. The van der Waals surface area contributed by atoms with Crippen molar-refractivity contribution in [3.8, 4) is 0 Å². The van der Waals surface area contributed by atoms with Crippen LogP contribution in [0.5, 0.6) is 0 Å². The summed E-state index contributed by atoms with van der Waals surface area (Å²) in [5.74, 6) is -0.144. The molecule has 2 N–H and O–H groups in total. The van der Waals surface area contributed by atoms with E-state index in [2.05, 4.69) is 5.32 Å². The van der Waals surface area contributed by atoms with Crippen molar-refractivity contribution in [1.29, 1.82) is 0 Å². The second kappa shape index (κ2) is 4.70. The zero-order valence-electron chi connectivity index (χ0n) is 10.4. The Kier molecular flexibility index (Phi) is 3.75. The second-order valence-corrected chi connectivity index (χ2v) is 4.45. The zero-order chi connectivity index (χ0) is 12.3. The third-order valence-corrected chi connectivity index (χ3v) is 3.15. The molecule has 1 aromatic heterocycles. The van der Waals surface area contributed by atoms with Crippen molar-refractivity contribution in [3.05, 3.63) is 23.5 Å². The van der Waals surface area contributed by atoms with Crippen LogP contribution in [0.3, 0.4) is 0 Å². The van der Waals surface area contributed by atoms with E-state index in [1.807, 2.05) is 38.5 Å². The van der Waals surface area contributed by atoms with Crippen molar-refractivity contribution < 1.29 is 9.90 Å². The maximum Gasteiger partial charge on any atom is 0.268 e. The molecule has 4 nitrogen and oxygen atoms in total. The molecule has 0 saturated heterocycles. The number of aliphatic hydroxyl groups is 1. The van der Waals surface area contributed by atoms with Crippen LogP contribution in [0.1, 0.15) is 36.5 Å². The van der Waals surface area contributed by atoms with Gasteiger partial charge in [-0.15, -0.1) is 0 Å². The fourth-order valence-electron chi connectivity index (χ4n) is 1.42. The summed E-state index contributed by atoms with van der Waals surface area (Å²) in [5.41, 5.74) is 1.10. The van der Waals surface area contributed by atoms with E-state index in [0.717, 1.165) is 5.69 Å². The van der Waals surface area contributed by atoms with Gasteiger partial charge in [0, 0.05) is 12.7 Å². The van der Waals surface area contributed by atoms with Crippen LogP contribution in [-0.2, 0) is 7.05 Å². The smallest absolute Gasteiger partial charge is 0.268 e. The first kappa shape index (κ1) is 12.8. The molecule has 0 aliphatic rings. The molecule has 0 fully saturated rings. The summed E-state index contributed by atoms with van der Waals surface area (Å²) in [6, 6.07) is 3.69. The van der Waals surface area contributed by atoms with Crippen molar-refractivity contribution in [1.82, 2.24) is 9.88 Å². The normalized spacial score (nSPS) is 14.6. The first-order valence-corrected chi connectivity index (χ1v) is 5.49. The lowest BCUT2D eigenvalue weighted by Gasteiger charge is -2.27. The van der Waals surface area contributed by atoms with E-state index in [1.54, 1.807) is 6.07 Å². The molecule has 0 saturated carbocycles. The molecule has 0 spiro atoms. The number of hydrogen-bond acceptors (Lipinski definition) is 2. The summed E-state index contributed by atoms with van der Waals surface area (Å²) in [6.07, 6.45) is 0.693. The lowest BCUT2D eigenvalue weighted by molar-refractivity contribution is 0.0839. The van der Waals surface area contributed by atoms with Crippen LogP contribution < -0.4 is 5.32 Å². The molecule has 0 aliphatic carbocycles. The van der Waals surface area contributed by atoms with E-state index in [0.29, 0.717) is 12.1 Å². The molecular formula is C12H20N2O2. The number of nitrogens with zero attached hydrogens (tertiary/aromatic N) is 1. The quantitative estimate of drug-likeness (QED) is 0.808. The van der Waals surface area contributed by atoms with Crippen molar-refractivity contribution in [2.24, 2.45) is 7.05 Å². The van der Waals surface area contributed by atoms with Gasteiger partial charge in [-0.25, -0.2) is 0 Å². The fourth-order valence-corrected chi connectivity index (χ4v) is 1.42. The number of aryl methyl sites for hydroxylation is 1. The largest absolute Gasteiger partial charge is 0.394 e. The van der Waals surface area contributed by atoms with Crippen molar-refractivity contribution >= 4 is 5.91 Å². The molecule has 16 heavy (non-hydrogen) atoms. The highest BCUT2D eigenvalue weighted by molar-refractivity contribution is 5.93. The number of aliphatic hydroxyl groups excluding tert-OH is 1. The fraction of sp³-hybridized carbons (Fsp3) is 0.583. The number of carbonyl (C=O) groups is 1. The lowest BCUT2D eigenvalue weighted by atomic mass is 10.0. The molecular weight excluding hydrogens is 204 g/mol. The Hall–Kier alpha value is -1.29. The predicted molar refractivity (Wildman–Crippen MR) is 63.4 cm³/mol. The van der Waals surface area contributed by atoms with Gasteiger partial charge in [0.1, 0.15) is 5.69 Å². The highest BCUT2D eigenvalue weighted by atomic mass is 16.3. The predicted octanol–water partition coefficient (Wildman–Crippen LogP) is 1.22. The lowest BCUT2D eigenvalue weighted by Crippen LogP contribution is -2.48. The summed E-state index contributed by atoms with van der Waals surface area (Å²) < 4.78 is 1.84. The maximum atomic E-state index is 12.0. The van der Waals surface area contributed by atoms with Gasteiger partial charge < -0.3 is 15.0 Å². The Balaban J connectivity index is 2.84. The standard InChI is InChI=1S/C12H20N2O2/c1-5-12(3,8-15)13-11(16)10-7-6-9(2)14(10)4/h6-7,15H,5,8H2,1-4H3,(H,13,16). The van der Waals surface area contributed by atoms with Crippen LogP contribution in [0.15, 0.2) is 12.1 Å². The minimum atomic E-state index is -0.546. The summed E-state index contributed by atoms with van der Waals surface area (Å²) in [7, 11) is 1.85. The van der Waals surface area contributed by atoms with Gasteiger partial charge in [0.2, 0.25) is 0 Å². The summed E-state index contributed by atoms with van der Waals surface area (Å²) in [6.45, 7) is 5.66. The van der Waals surface area contributed by atoms with Crippen LogP contribution in [-0.4, -0.2) is 27.7 Å². The average molecular weight is 224 g/mol. The molecule has 0 aliphatic heterocycles. The van der Waals surface area contributed by atoms with E-state index < -0.39 is 5.54 Å².